The lowest BCUT2D eigenvalue weighted by Gasteiger charge is -2.09. The molecule has 0 N–H and O–H groups in total. The highest BCUT2D eigenvalue weighted by Crippen LogP contribution is 2.33. The van der Waals surface area contributed by atoms with Gasteiger partial charge in [-0.05, 0) is 30.3 Å². The van der Waals surface area contributed by atoms with E-state index in [-0.39, 0.29) is 18.2 Å². The molecule has 0 fully saturated rings. The van der Waals surface area contributed by atoms with Crippen molar-refractivity contribution in [1.29, 1.82) is 0 Å². The Labute approximate surface area is 127 Å². The van der Waals surface area contributed by atoms with Gasteiger partial charge in [-0.15, -0.1) is 0 Å². The molecular weight excluding hydrogens is 290 g/mol. The third-order valence-corrected chi connectivity index (χ3v) is 2.76. The van der Waals surface area contributed by atoms with Gasteiger partial charge in [0.25, 0.3) is 0 Å². The molecule has 116 valence electrons. The minimum atomic E-state index is -0.526. The van der Waals surface area contributed by atoms with Crippen molar-refractivity contribution in [2.75, 3.05) is 21.0 Å². The first kappa shape index (κ1) is 15.6. The summed E-state index contributed by atoms with van der Waals surface area (Å²) in [5, 5.41) is 11.0. The molecule has 0 atom stereocenters. The van der Waals surface area contributed by atoms with Crippen molar-refractivity contribution >= 4 is 5.69 Å². The van der Waals surface area contributed by atoms with Crippen LogP contribution < -0.4 is 14.2 Å². The Morgan fingerprint density at radius 2 is 1.64 bits per heavy atom. The maximum absolute atomic E-state index is 11.0. The molecule has 0 aliphatic heterocycles. The molecular formula is C15H15NO6. The lowest BCUT2D eigenvalue weighted by atomic mass is 10.2. The molecule has 0 aliphatic carbocycles. The number of rotatable bonds is 7. The zero-order valence-corrected chi connectivity index (χ0v) is 12.1. The second kappa shape index (κ2) is 7.28. The monoisotopic (exact) mass is 305 g/mol. The van der Waals surface area contributed by atoms with E-state index in [1.807, 2.05) is 0 Å². The van der Waals surface area contributed by atoms with E-state index in [0.717, 1.165) is 0 Å². The largest absolute Gasteiger partial charge is 0.497 e. The molecule has 2 aromatic carbocycles. The number of ether oxygens (including phenoxy) is 4. The zero-order valence-electron chi connectivity index (χ0n) is 12.1. The highest BCUT2D eigenvalue weighted by molar-refractivity contribution is 5.51. The first-order chi connectivity index (χ1) is 10.6. The van der Waals surface area contributed by atoms with Crippen LogP contribution in [-0.4, -0.2) is 25.9 Å². The fourth-order valence-corrected chi connectivity index (χ4v) is 1.73. The Morgan fingerprint density at radius 3 is 2.23 bits per heavy atom. The summed E-state index contributed by atoms with van der Waals surface area (Å²) in [4.78, 5) is 10.4. The maximum atomic E-state index is 11.0. The molecule has 0 radical (unpaired) electrons. The number of benzene rings is 2. The second-order valence-electron chi connectivity index (χ2n) is 4.22. The van der Waals surface area contributed by atoms with E-state index in [4.69, 9.17) is 18.9 Å². The van der Waals surface area contributed by atoms with Crippen molar-refractivity contribution in [3.05, 3.63) is 52.6 Å². The smallest absolute Gasteiger partial charge is 0.311 e. The van der Waals surface area contributed by atoms with Gasteiger partial charge in [-0.3, -0.25) is 10.1 Å². The molecule has 0 bridgehead atoms. The number of hydrogen-bond acceptors (Lipinski definition) is 6. The summed E-state index contributed by atoms with van der Waals surface area (Å²) in [5.74, 6) is 1.78. The maximum Gasteiger partial charge on any atom is 0.311 e. The van der Waals surface area contributed by atoms with Crippen LogP contribution in [0.5, 0.6) is 23.0 Å². The molecule has 2 aromatic rings. The van der Waals surface area contributed by atoms with E-state index < -0.39 is 4.92 Å². The van der Waals surface area contributed by atoms with Gasteiger partial charge in [0.05, 0.1) is 12.0 Å². The Balaban J connectivity index is 2.21. The highest BCUT2D eigenvalue weighted by atomic mass is 16.7. The summed E-state index contributed by atoms with van der Waals surface area (Å²) in [6, 6.07) is 11.2. The molecule has 0 amide bonds. The van der Waals surface area contributed by atoms with Crippen LogP contribution in [0.15, 0.2) is 42.5 Å². The van der Waals surface area contributed by atoms with Gasteiger partial charge in [0.1, 0.15) is 17.2 Å². The van der Waals surface area contributed by atoms with Gasteiger partial charge in [0, 0.05) is 19.2 Å². The zero-order chi connectivity index (χ0) is 15.9. The van der Waals surface area contributed by atoms with E-state index in [1.54, 1.807) is 31.4 Å². The predicted molar refractivity (Wildman–Crippen MR) is 78.7 cm³/mol. The van der Waals surface area contributed by atoms with Crippen LogP contribution in [0.2, 0.25) is 0 Å². The molecule has 0 heterocycles. The van der Waals surface area contributed by atoms with Crippen LogP contribution in [0.25, 0.3) is 0 Å². The van der Waals surface area contributed by atoms with Crippen molar-refractivity contribution in [2.24, 2.45) is 0 Å². The topological polar surface area (TPSA) is 80.1 Å². The van der Waals surface area contributed by atoms with E-state index in [0.29, 0.717) is 17.2 Å². The number of nitrogens with zero attached hydrogens (tertiary/aromatic N) is 1. The molecule has 7 nitrogen and oxygen atoms in total. The van der Waals surface area contributed by atoms with E-state index >= 15 is 0 Å². The molecule has 0 saturated carbocycles. The quantitative estimate of drug-likeness (QED) is 0.443. The number of nitro benzene ring substituents is 1. The molecule has 7 heteroatoms. The molecule has 0 aromatic heterocycles. The summed E-state index contributed by atoms with van der Waals surface area (Å²) in [7, 11) is 3.01. The average molecular weight is 305 g/mol. The average Bonchev–Trinajstić information content (AvgIpc) is 2.53. The van der Waals surface area contributed by atoms with E-state index in [1.165, 1.54) is 25.3 Å². The number of methoxy groups -OCH3 is 2. The predicted octanol–water partition coefficient (Wildman–Crippen LogP) is 3.38. The van der Waals surface area contributed by atoms with Crippen molar-refractivity contribution in [3.63, 3.8) is 0 Å². The van der Waals surface area contributed by atoms with Crippen LogP contribution in [0.4, 0.5) is 5.69 Å². The Morgan fingerprint density at radius 1 is 1.00 bits per heavy atom. The minimum absolute atomic E-state index is 0.0814. The fourth-order valence-electron chi connectivity index (χ4n) is 1.73. The first-order valence-electron chi connectivity index (χ1n) is 6.36. The van der Waals surface area contributed by atoms with Gasteiger partial charge in [-0.2, -0.15) is 0 Å². The lowest BCUT2D eigenvalue weighted by molar-refractivity contribution is -0.386. The fraction of sp³-hybridized carbons (Fsp3) is 0.200. The Kier molecular flexibility index (Phi) is 5.16. The summed E-state index contributed by atoms with van der Waals surface area (Å²) in [6.45, 7) is -0.0904. The van der Waals surface area contributed by atoms with Crippen molar-refractivity contribution in [1.82, 2.24) is 0 Å². The SMILES string of the molecule is COCOc1cc(Oc2ccc(OC)cc2)ccc1[N+](=O)[O-]. The highest BCUT2D eigenvalue weighted by Gasteiger charge is 2.16. The lowest BCUT2D eigenvalue weighted by Crippen LogP contribution is -2.02. The second-order valence-corrected chi connectivity index (χ2v) is 4.22. The van der Waals surface area contributed by atoms with Gasteiger partial charge in [-0.1, -0.05) is 0 Å². The van der Waals surface area contributed by atoms with E-state index in [2.05, 4.69) is 0 Å². The van der Waals surface area contributed by atoms with Crippen molar-refractivity contribution in [3.8, 4) is 23.0 Å². The molecule has 2 rings (SSSR count). The van der Waals surface area contributed by atoms with Crippen molar-refractivity contribution in [2.45, 2.75) is 0 Å². The molecule has 0 spiro atoms. The van der Waals surface area contributed by atoms with Crippen LogP contribution in [0.1, 0.15) is 0 Å². The molecule has 22 heavy (non-hydrogen) atoms. The van der Waals surface area contributed by atoms with E-state index in [9.17, 15) is 10.1 Å². The van der Waals surface area contributed by atoms with Crippen LogP contribution in [0, 0.1) is 10.1 Å². The Bertz CT molecular complexity index is 641. The number of hydrogen-bond donors (Lipinski definition) is 0. The van der Waals surface area contributed by atoms with Crippen molar-refractivity contribution < 1.29 is 23.9 Å². The normalized spacial score (nSPS) is 10.1. The third-order valence-electron chi connectivity index (χ3n) is 2.76. The van der Waals surface area contributed by atoms with Gasteiger partial charge >= 0.3 is 5.69 Å². The minimum Gasteiger partial charge on any atom is -0.497 e. The molecule has 0 aliphatic rings. The van der Waals surface area contributed by atoms with Gasteiger partial charge in [0.15, 0.2) is 6.79 Å². The Hall–Kier alpha value is -2.80. The van der Waals surface area contributed by atoms with Gasteiger partial charge < -0.3 is 18.9 Å². The molecule has 0 unspecified atom stereocenters. The third kappa shape index (κ3) is 3.86. The summed E-state index contributed by atoms with van der Waals surface area (Å²) in [6.07, 6.45) is 0. The standard InChI is InChI=1S/C15H15NO6/c1-19-10-21-15-9-13(7-8-14(15)16(17)18)22-12-5-3-11(20-2)4-6-12/h3-9H,10H2,1-2H3. The van der Waals surface area contributed by atoms with Crippen LogP contribution in [-0.2, 0) is 4.74 Å². The first-order valence-corrected chi connectivity index (χ1v) is 6.36. The summed E-state index contributed by atoms with van der Waals surface area (Å²) in [5.41, 5.74) is -0.154. The van der Waals surface area contributed by atoms with Gasteiger partial charge in [-0.25, -0.2) is 0 Å². The number of nitro groups is 1. The summed E-state index contributed by atoms with van der Waals surface area (Å²) < 4.78 is 20.7. The van der Waals surface area contributed by atoms with Crippen LogP contribution >= 0.6 is 0 Å². The van der Waals surface area contributed by atoms with Gasteiger partial charge in [0.2, 0.25) is 5.75 Å². The van der Waals surface area contributed by atoms with Crippen LogP contribution in [0.3, 0.4) is 0 Å². The summed E-state index contributed by atoms with van der Waals surface area (Å²) >= 11 is 0. The molecule has 0 saturated heterocycles.